The normalized spacial score (nSPS) is 16.2. The van der Waals surface area contributed by atoms with E-state index in [2.05, 4.69) is 9.97 Å². The molecule has 0 fully saturated rings. The lowest BCUT2D eigenvalue weighted by molar-refractivity contribution is -0.117. The Bertz CT molecular complexity index is 1080. The van der Waals surface area contributed by atoms with Crippen LogP contribution in [0.25, 0.3) is 22.6 Å². The summed E-state index contributed by atoms with van der Waals surface area (Å²) in [6, 6.07) is 4.51. The largest absolute Gasteiger partial charge is 0.394 e. The lowest BCUT2D eigenvalue weighted by atomic mass is 10.0. The van der Waals surface area contributed by atoms with E-state index in [4.69, 9.17) is 16.7 Å². The summed E-state index contributed by atoms with van der Waals surface area (Å²) in [6.07, 6.45) is -7.00. The van der Waals surface area contributed by atoms with Crippen molar-refractivity contribution in [3.63, 3.8) is 0 Å². The molecule has 1 aromatic rings. The molecule has 2 aliphatic heterocycles. The summed E-state index contributed by atoms with van der Waals surface area (Å²) in [7, 11) is 0. The summed E-state index contributed by atoms with van der Waals surface area (Å²) in [5, 5.41) is 48.9. The van der Waals surface area contributed by atoms with E-state index >= 15 is 0 Å². The van der Waals surface area contributed by atoms with Gasteiger partial charge in [0.15, 0.2) is 11.5 Å². The zero-order valence-corrected chi connectivity index (χ0v) is 15.0. The van der Waals surface area contributed by atoms with Gasteiger partial charge in [-0.2, -0.15) is 4.98 Å². The van der Waals surface area contributed by atoms with Crippen LogP contribution < -0.4 is 11.2 Å². The van der Waals surface area contributed by atoms with Crippen LogP contribution in [-0.2, 0) is 6.54 Å². The maximum absolute atomic E-state index is 12.1. The Morgan fingerprint density at radius 3 is 2.43 bits per heavy atom. The third kappa shape index (κ3) is 3.76. The topological polar surface area (TPSA) is 182 Å². The average Bonchev–Trinajstić information content (AvgIpc) is 2.66. The number of hydrogen-bond acceptors (Lipinski definition) is 9. The van der Waals surface area contributed by atoms with Crippen molar-refractivity contribution in [2.24, 2.45) is 0 Å². The Balaban J connectivity index is 2.14. The van der Waals surface area contributed by atoms with E-state index in [9.17, 15) is 30.0 Å². The molecule has 6 N–H and O–H groups in total. The number of hydrogen-bond donors (Lipinski definition) is 6. The molecule has 2 aliphatic rings. The molecule has 0 aliphatic carbocycles. The number of H-pyrrole nitrogens is 1. The summed E-state index contributed by atoms with van der Waals surface area (Å²) in [4.78, 5) is 33.7. The van der Waals surface area contributed by atoms with E-state index in [0.717, 1.165) is 0 Å². The molecule has 0 bridgehead atoms. The van der Waals surface area contributed by atoms with Crippen LogP contribution in [0.5, 0.6) is 0 Å². The second-order valence-electron chi connectivity index (χ2n) is 6.20. The highest BCUT2D eigenvalue weighted by atomic mass is 35.5. The first-order valence-electron chi connectivity index (χ1n) is 8.16. The molecule has 0 amide bonds. The van der Waals surface area contributed by atoms with Crippen LogP contribution in [0.2, 0.25) is 5.02 Å². The minimum Gasteiger partial charge on any atom is -0.394 e. The van der Waals surface area contributed by atoms with Gasteiger partial charge in [-0.1, -0.05) is 11.6 Å². The molecule has 11 nitrogen and oxygen atoms in total. The van der Waals surface area contributed by atoms with Crippen molar-refractivity contribution in [3.8, 4) is 11.5 Å². The van der Waals surface area contributed by atoms with Gasteiger partial charge in [0.25, 0.3) is 5.56 Å². The van der Waals surface area contributed by atoms with Gasteiger partial charge < -0.3 is 30.1 Å². The predicted octanol–water partition coefficient (Wildman–Crippen LogP) is -2.33. The Hall–Kier alpha value is -2.41. The second-order valence-corrected chi connectivity index (χ2v) is 6.63. The molecule has 0 spiro atoms. The molecule has 12 heteroatoms. The van der Waals surface area contributed by atoms with Crippen LogP contribution in [0.4, 0.5) is 0 Å². The molecular weight excluding hydrogens is 396 g/mol. The van der Waals surface area contributed by atoms with Crippen molar-refractivity contribution in [1.82, 2.24) is 19.5 Å². The number of aliphatic hydroxyl groups excluding tert-OH is 5. The fourth-order valence-electron chi connectivity index (χ4n) is 2.82. The number of nitrogens with one attached hydrogen (secondary N) is 1. The molecule has 3 rings (SSSR count). The predicted molar refractivity (Wildman–Crippen MR) is 97.2 cm³/mol. The number of nitrogens with zero attached hydrogens (tertiary/aromatic N) is 3. The lowest BCUT2D eigenvalue weighted by Gasteiger charge is -2.27. The zero-order valence-electron chi connectivity index (χ0n) is 14.2. The lowest BCUT2D eigenvalue weighted by Crippen LogP contribution is -2.47. The fourth-order valence-corrected chi connectivity index (χ4v) is 2.98. The van der Waals surface area contributed by atoms with Gasteiger partial charge in [-0.25, -0.2) is 9.78 Å². The monoisotopic (exact) mass is 412 g/mol. The standard InChI is InChI=1S/C16H17ClN4O7/c17-6-1-2-8-7(3-6)18-11-14(19-16(28)20-15(11)27)21(8)4-9(23)12(25)13(26)10(24)5-22/h1-3,9-10,12-13,22-26H,4-5H2,(H,20,27,28)/t9-,10-,12-,13-/m1/s1. The molecule has 2 heterocycles. The van der Waals surface area contributed by atoms with Gasteiger partial charge >= 0.3 is 5.69 Å². The van der Waals surface area contributed by atoms with E-state index in [0.29, 0.717) is 10.5 Å². The number of aromatic nitrogens is 4. The van der Waals surface area contributed by atoms with Crippen molar-refractivity contribution in [2.75, 3.05) is 6.61 Å². The van der Waals surface area contributed by atoms with Gasteiger partial charge in [-0.15, -0.1) is 0 Å². The highest BCUT2D eigenvalue weighted by Crippen LogP contribution is 2.24. The maximum Gasteiger partial charge on any atom is 0.349 e. The molecule has 28 heavy (non-hydrogen) atoms. The molecule has 150 valence electrons. The van der Waals surface area contributed by atoms with Gasteiger partial charge in [-0.05, 0) is 18.2 Å². The molecule has 0 saturated carbocycles. The van der Waals surface area contributed by atoms with Crippen molar-refractivity contribution in [2.45, 2.75) is 31.0 Å². The SMILES string of the molecule is O=c1nc2n(C[C@@H](O)[C@@H](O)[C@H](O)[C@H](O)CO)c3ccc(Cl)cc3nc-2c(=O)[nH]1. The number of aromatic amines is 1. The van der Waals surface area contributed by atoms with Crippen molar-refractivity contribution >= 4 is 22.6 Å². The first-order chi connectivity index (χ1) is 13.2. The van der Waals surface area contributed by atoms with E-state index in [1.165, 1.54) is 22.8 Å². The van der Waals surface area contributed by atoms with Gasteiger partial charge in [0, 0.05) is 5.02 Å². The fraction of sp³-hybridized carbons (Fsp3) is 0.375. The van der Waals surface area contributed by atoms with E-state index in [-0.39, 0.29) is 17.0 Å². The van der Waals surface area contributed by atoms with Crippen LogP contribution in [-0.4, -0.2) is 76.1 Å². The molecule has 4 atom stereocenters. The van der Waals surface area contributed by atoms with Crippen LogP contribution in [0.15, 0.2) is 27.8 Å². The number of aliphatic hydroxyl groups is 5. The second kappa shape index (κ2) is 7.91. The molecule has 0 saturated heterocycles. The minimum absolute atomic E-state index is 0.146. The van der Waals surface area contributed by atoms with Gasteiger partial charge in [-0.3, -0.25) is 9.78 Å². The average molecular weight is 413 g/mol. The van der Waals surface area contributed by atoms with E-state index in [1.807, 2.05) is 4.98 Å². The molecule has 0 aromatic heterocycles. The van der Waals surface area contributed by atoms with Crippen LogP contribution in [0, 0.1) is 0 Å². The van der Waals surface area contributed by atoms with Gasteiger partial charge in [0.2, 0.25) is 0 Å². The summed E-state index contributed by atoms with van der Waals surface area (Å²) in [6.45, 7) is -1.24. The van der Waals surface area contributed by atoms with Crippen molar-refractivity contribution < 1.29 is 25.5 Å². The molecule has 0 unspecified atom stereocenters. The smallest absolute Gasteiger partial charge is 0.349 e. The minimum atomic E-state index is -1.84. The Labute approximate surface area is 161 Å². The summed E-state index contributed by atoms with van der Waals surface area (Å²) in [5.41, 5.74) is -1.29. The first kappa shape index (κ1) is 20.3. The summed E-state index contributed by atoms with van der Waals surface area (Å²) < 4.78 is 1.27. The van der Waals surface area contributed by atoms with E-state index < -0.39 is 48.8 Å². The van der Waals surface area contributed by atoms with E-state index in [1.54, 1.807) is 0 Å². The Morgan fingerprint density at radius 1 is 1.07 bits per heavy atom. The third-order valence-corrected chi connectivity index (χ3v) is 4.50. The van der Waals surface area contributed by atoms with Crippen LogP contribution in [0.3, 0.4) is 0 Å². The van der Waals surface area contributed by atoms with Crippen molar-refractivity contribution in [1.29, 1.82) is 0 Å². The maximum atomic E-state index is 12.1. The quantitative estimate of drug-likeness (QED) is 0.242. The van der Waals surface area contributed by atoms with Crippen LogP contribution >= 0.6 is 11.6 Å². The number of benzene rings is 1. The summed E-state index contributed by atoms with van der Waals surface area (Å²) in [5.74, 6) is -0.146. The molecule has 1 aromatic carbocycles. The third-order valence-electron chi connectivity index (χ3n) is 4.27. The first-order valence-corrected chi connectivity index (χ1v) is 8.54. The molecular formula is C16H17ClN4O7. The number of rotatable bonds is 6. The Morgan fingerprint density at radius 2 is 1.75 bits per heavy atom. The number of fused-ring (bicyclic) bond motifs is 2. The van der Waals surface area contributed by atoms with Crippen molar-refractivity contribution in [3.05, 3.63) is 44.1 Å². The van der Waals surface area contributed by atoms with Crippen LogP contribution in [0.1, 0.15) is 0 Å². The summed E-state index contributed by atoms with van der Waals surface area (Å²) >= 11 is 5.96. The highest BCUT2D eigenvalue weighted by Gasteiger charge is 2.31. The van der Waals surface area contributed by atoms with Gasteiger partial charge in [0.05, 0.1) is 24.2 Å². The van der Waals surface area contributed by atoms with Gasteiger partial charge in [0.1, 0.15) is 24.4 Å². The molecule has 0 radical (unpaired) electrons. The number of halogens is 1. The zero-order chi connectivity index (χ0) is 20.6. The highest BCUT2D eigenvalue weighted by molar-refractivity contribution is 6.31. The Kier molecular flexibility index (Phi) is 5.74.